The second kappa shape index (κ2) is 9.45. The van der Waals surface area contributed by atoms with Crippen LogP contribution in [-0.4, -0.2) is 45.9 Å². The van der Waals surface area contributed by atoms with E-state index in [4.69, 9.17) is 4.99 Å². The van der Waals surface area contributed by atoms with Gasteiger partial charge in [-0.05, 0) is 26.3 Å². The average Bonchev–Trinajstić information content (AvgIpc) is 2.50. The van der Waals surface area contributed by atoms with Crippen LogP contribution in [0.3, 0.4) is 0 Å². The Kier molecular flexibility index (Phi) is 8.28. The number of non-ortho nitro benzene ring substituents is 1. The van der Waals surface area contributed by atoms with Gasteiger partial charge in [0.15, 0.2) is 5.96 Å². The van der Waals surface area contributed by atoms with Crippen molar-refractivity contribution in [2.75, 3.05) is 25.4 Å². The predicted molar refractivity (Wildman–Crippen MR) is 111 cm³/mol. The molecule has 1 aromatic rings. The zero-order valence-electron chi connectivity index (χ0n) is 14.3. The predicted octanol–water partition coefficient (Wildman–Crippen LogP) is 3.51. The molecule has 1 N–H and O–H groups in total. The van der Waals surface area contributed by atoms with Gasteiger partial charge in [0.25, 0.3) is 5.69 Å². The Morgan fingerprint density at radius 3 is 2.62 bits per heavy atom. The highest BCUT2D eigenvalue weighted by Gasteiger charge is 2.28. The molecule has 1 aliphatic heterocycles. The zero-order chi connectivity index (χ0) is 16.9. The molecule has 0 amide bonds. The van der Waals surface area contributed by atoms with Crippen molar-refractivity contribution in [3.8, 4) is 0 Å². The molecule has 24 heavy (non-hydrogen) atoms. The monoisotopic (exact) mass is 464 g/mol. The molecule has 0 unspecified atom stereocenters. The fraction of sp³-hybridized carbons (Fsp3) is 0.562. The van der Waals surface area contributed by atoms with E-state index in [9.17, 15) is 10.1 Å². The normalized spacial score (nSPS) is 17.1. The lowest BCUT2D eigenvalue weighted by Gasteiger charge is -2.39. The molecule has 0 radical (unpaired) electrons. The number of hydrogen-bond acceptors (Lipinski definition) is 4. The largest absolute Gasteiger partial charge is 0.357 e. The van der Waals surface area contributed by atoms with E-state index >= 15 is 0 Å². The van der Waals surface area contributed by atoms with Crippen molar-refractivity contribution in [2.45, 2.75) is 32.1 Å². The third kappa shape index (κ3) is 6.12. The second-order valence-electron chi connectivity index (χ2n) is 6.12. The van der Waals surface area contributed by atoms with E-state index in [1.165, 1.54) is 12.1 Å². The Labute approximate surface area is 164 Å². The van der Waals surface area contributed by atoms with Crippen LogP contribution in [0, 0.1) is 10.1 Å². The highest BCUT2D eigenvalue weighted by molar-refractivity contribution is 14.0. The van der Waals surface area contributed by atoms with E-state index in [-0.39, 0.29) is 39.3 Å². The molecule has 134 valence electrons. The molecule has 1 aliphatic rings. The van der Waals surface area contributed by atoms with Crippen LogP contribution in [0.15, 0.2) is 29.3 Å². The molecular formula is C16H25IN4O2S. The summed E-state index contributed by atoms with van der Waals surface area (Å²) in [5.74, 6) is 2.01. The Hall–Kier alpha value is -1.03. The Morgan fingerprint density at radius 2 is 2.08 bits per heavy atom. The minimum absolute atomic E-state index is 0. The summed E-state index contributed by atoms with van der Waals surface area (Å²) in [6.45, 7) is 9.86. The minimum Gasteiger partial charge on any atom is -0.357 e. The van der Waals surface area contributed by atoms with Crippen molar-refractivity contribution in [1.29, 1.82) is 0 Å². The summed E-state index contributed by atoms with van der Waals surface area (Å²) in [6.07, 6.45) is 0. The summed E-state index contributed by atoms with van der Waals surface area (Å²) in [7, 11) is 0. The molecule has 0 bridgehead atoms. The summed E-state index contributed by atoms with van der Waals surface area (Å²) < 4.78 is 0.224. The van der Waals surface area contributed by atoms with Crippen LogP contribution in [0.25, 0.3) is 0 Å². The number of halogens is 1. The van der Waals surface area contributed by atoms with Gasteiger partial charge in [0.1, 0.15) is 0 Å². The van der Waals surface area contributed by atoms with Gasteiger partial charge in [0.05, 0.1) is 11.5 Å². The lowest BCUT2D eigenvalue weighted by atomic mass is 10.2. The van der Waals surface area contributed by atoms with Crippen molar-refractivity contribution in [1.82, 2.24) is 10.2 Å². The van der Waals surface area contributed by atoms with Crippen molar-refractivity contribution >= 4 is 47.4 Å². The molecule has 1 fully saturated rings. The summed E-state index contributed by atoms with van der Waals surface area (Å²) in [5.41, 5.74) is 1.08. The van der Waals surface area contributed by atoms with E-state index in [0.29, 0.717) is 6.54 Å². The number of benzene rings is 1. The standard InChI is InChI=1S/C16H24N4O2S.HI/c1-4-17-15(19-9-10-23-16(2,3)12-19)18-11-13-5-7-14(8-6-13)20(21)22;/h5-8H,4,9-12H2,1-3H3,(H,17,18);1H. The number of nitro groups is 1. The third-order valence-electron chi connectivity index (χ3n) is 3.62. The molecule has 8 heteroatoms. The molecule has 0 aromatic heterocycles. The first-order chi connectivity index (χ1) is 10.9. The average molecular weight is 464 g/mol. The fourth-order valence-corrected chi connectivity index (χ4v) is 3.62. The van der Waals surface area contributed by atoms with Gasteiger partial charge < -0.3 is 10.2 Å². The van der Waals surface area contributed by atoms with Gasteiger partial charge in [-0.2, -0.15) is 11.8 Å². The van der Waals surface area contributed by atoms with Crippen LogP contribution < -0.4 is 5.32 Å². The highest BCUT2D eigenvalue weighted by Crippen LogP contribution is 2.29. The van der Waals surface area contributed by atoms with Crippen LogP contribution in [0.5, 0.6) is 0 Å². The Bertz CT molecular complexity index is 578. The van der Waals surface area contributed by atoms with E-state index < -0.39 is 0 Å². The molecule has 6 nitrogen and oxygen atoms in total. The first kappa shape index (κ1) is 21.0. The number of nitrogens with zero attached hydrogens (tertiary/aromatic N) is 3. The number of nitrogens with one attached hydrogen (secondary N) is 1. The van der Waals surface area contributed by atoms with Crippen molar-refractivity contribution < 1.29 is 4.92 Å². The molecular weight excluding hydrogens is 439 g/mol. The van der Waals surface area contributed by atoms with Crippen LogP contribution in [0.4, 0.5) is 5.69 Å². The van der Waals surface area contributed by atoms with Gasteiger partial charge in [0, 0.05) is 42.3 Å². The maximum absolute atomic E-state index is 10.7. The first-order valence-corrected chi connectivity index (χ1v) is 8.80. The second-order valence-corrected chi connectivity index (χ2v) is 7.93. The molecule has 0 spiro atoms. The quantitative estimate of drug-likeness (QED) is 0.243. The summed E-state index contributed by atoms with van der Waals surface area (Å²) in [4.78, 5) is 17.3. The third-order valence-corrected chi connectivity index (χ3v) is 4.92. The van der Waals surface area contributed by atoms with E-state index in [1.54, 1.807) is 12.1 Å². The van der Waals surface area contributed by atoms with Gasteiger partial charge in [-0.25, -0.2) is 4.99 Å². The zero-order valence-corrected chi connectivity index (χ0v) is 17.5. The van der Waals surface area contributed by atoms with Crippen molar-refractivity contribution in [3.63, 3.8) is 0 Å². The Morgan fingerprint density at radius 1 is 1.42 bits per heavy atom. The van der Waals surface area contributed by atoms with Gasteiger partial charge in [-0.15, -0.1) is 24.0 Å². The van der Waals surface area contributed by atoms with E-state index in [1.807, 2.05) is 11.8 Å². The van der Waals surface area contributed by atoms with Gasteiger partial charge >= 0.3 is 0 Å². The SMILES string of the molecule is CCNC(=NCc1ccc([N+](=O)[O-])cc1)N1CCSC(C)(C)C1.I. The molecule has 0 aliphatic carbocycles. The highest BCUT2D eigenvalue weighted by atomic mass is 127. The van der Waals surface area contributed by atoms with Gasteiger partial charge in [-0.3, -0.25) is 10.1 Å². The van der Waals surface area contributed by atoms with Crippen molar-refractivity contribution in [3.05, 3.63) is 39.9 Å². The molecule has 1 aromatic carbocycles. The summed E-state index contributed by atoms with van der Waals surface area (Å²) in [5, 5.41) is 14.0. The summed E-state index contributed by atoms with van der Waals surface area (Å²) in [6, 6.07) is 6.58. The lowest BCUT2D eigenvalue weighted by Crippen LogP contribution is -2.50. The van der Waals surface area contributed by atoms with Gasteiger partial charge in [0.2, 0.25) is 0 Å². The number of nitro benzene ring substituents is 1. The molecule has 1 saturated heterocycles. The topological polar surface area (TPSA) is 70.8 Å². The maximum atomic E-state index is 10.7. The van der Waals surface area contributed by atoms with Crippen LogP contribution >= 0.6 is 35.7 Å². The van der Waals surface area contributed by atoms with E-state index in [2.05, 4.69) is 31.0 Å². The van der Waals surface area contributed by atoms with E-state index in [0.717, 1.165) is 36.9 Å². The fourth-order valence-electron chi connectivity index (χ4n) is 2.51. The number of rotatable bonds is 4. The lowest BCUT2D eigenvalue weighted by molar-refractivity contribution is -0.384. The molecule has 0 atom stereocenters. The van der Waals surface area contributed by atoms with Crippen LogP contribution in [-0.2, 0) is 6.54 Å². The summed E-state index contributed by atoms with van der Waals surface area (Å²) >= 11 is 1.99. The Balaban J connectivity index is 0.00000288. The minimum atomic E-state index is -0.384. The molecule has 2 rings (SSSR count). The van der Waals surface area contributed by atoms with Gasteiger partial charge in [-0.1, -0.05) is 12.1 Å². The molecule has 1 heterocycles. The smallest absolute Gasteiger partial charge is 0.269 e. The first-order valence-electron chi connectivity index (χ1n) is 7.82. The number of guanidine groups is 1. The van der Waals surface area contributed by atoms with Crippen LogP contribution in [0.1, 0.15) is 26.3 Å². The van der Waals surface area contributed by atoms with Crippen molar-refractivity contribution in [2.24, 2.45) is 4.99 Å². The molecule has 0 saturated carbocycles. The number of thioether (sulfide) groups is 1. The number of hydrogen-bond donors (Lipinski definition) is 1. The maximum Gasteiger partial charge on any atom is 0.269 e. The van der Waals surface area contributed by atoms with Crippen LogP contribution in [0.2, 0.25) is 0 Å². The number of aliphatic imine (C=N–C) groups is 1.